The average molecular weight is 338 g/mol. The summed E-state index contributed by atoms with van der Waals surface area (Å²) in [5.41, 5.74) is 4.24. The predicted molar refractivity (Wildman–Crippen MR) is 96.5 cm³/mol. The summed E-state index contributed by atoms with van der Waals surface area (Å²) in [7, 11) is 0. The summed E-state index contributed by atoms with van der Waals surface area (Å²) in [5.74, 6) is -0.204. The molecule has 4 nitrogen and oxygen atoms in total. The molecule has 0 aliphatic carbocycles. The minimum Gasteiger partial charge on any atom is -0.483 e. The summed E-state index contributed by atoms with van der Waals surface area (Å²) < 4.78 is 19.1. The van der Waals surface area contributed by atoms with Gasteiger partial charge in [-0.05, 0) is 62.2 Å². The first-order chi connectivity index (χ1) is 11.9. The molecule has 128 valence electrons. The molecule has 0 aliphatic heterocycles. The summed E-state index contributed by atoms with van der Waals surface area (Å²) in [5, 5.41) is 3.36. The molecule has 25 heavy (non-hydrogen) atoms. The number of nitrogens with zero attached hydrogens (tertiary/aromatic N) is 1. The topological polar surface area (TPSA) is 51.2 Å². The normalized spacial score (nSPS) is 10.7. The third kappa shape index (κ3) is 4.12. The lowest BCUT2D eigenvalue weighted by atomic mass is 10.1. The number of carbonyl (C=O) groups excluding carboxylic acids is 1. The number of rotatable bonds is 4. The van der Waals surface area contributed by atoms with Crippen LogP contribution in [0.5, 0.6) is 5.75 Å². The van der Waals surface area contributed by atoms with Gasteiger partial charge in [-0.2, -0.15) is 0 Å². The van der Waals surface area contributed by atoms with Crippen molar-refractivity contribution in [1.29, 1.82) is 0 Å². The van der Waals surface area contributed by atoms with Gasteiger partial charge in [0.1, 0.15) is 11.6 Å². The summed E-state index contributed by atoms with van der Waals surface area (Å²) in [6.07, 6.45) is 0. The van der Waals surface area contributed by atoms with Crippen molar-refractivity contribution in [3.63, 3.8) is 0 Å². The van der Waals surface area contributed by atoms with Gasteiger partial charge in [0.25, 0.3) is 5.91 Å². The second kappa shape index (κ2) is 6.89. The molecule has 0 bridgehead atoms. The number of fused-ring (bicyclic) bond motifs is 1. The number of nitrogens with one attached hydrogen (secondary N) is 1. The van der Waals surface area contributed by atoms with E-state index in [0.29, 0.717) is 16.7 Å². The quantitative estimate of drug-likeness (QED) is 0.771. The summed E-state index contributed by atoms with van der Waals surface area (Å²) in [6.45, 7) is 5.60. The van der Waals surface area contributed by atoms with Crippen LogP contribution in [-0.2, 0) is 4.79 Å². The second-order valence-electron chi connectivity index (χ2n) is 6.14. The monoisotopic (exact) mass is 338 g/mol. The maximum Gasteiger partial charge on any atom is 0.262 e. The molecule has 0 saturated heterocycles. The standard InChI is InChI=1S/C20H19FN2O2/c1-12-6-13(2)8-16(7-12)23-20(24)11-25-19-9-14(3)22-18-5-4-15(21)10-17(18)19/h4-10H,11H2,1-3H3,(H,23,24). The molecule has 2 aromatic carbocycles. The van der Waals surface area contributed by atoms with Crippen molar-refractivity contribution in [2.45, 2.75) is 20.8 Å². The van der Waals surface area contributed by atoms with Gasteiger partial charge < -0.3 is 10.1 Å². The van der Waals surface area contributed by atoms with E-state index in [2.05, 4.69) is 10.3 Å². The first-order valence-corrected chi connectivity index (χ1v) is 7.98. The van der Waals surface area contributed by atoms with Crippen LogP contribution < -0.4 is 10.1 Å². The Kier molecular flexibility index (Phi) is 4.65. The van der Waals surface area contributed by atoms with Crippen LogP contribution in [-0.4, -0.2) is 17.5 Å². The van der Waals surface area contributed by atoms with E-state index in [9.17, 15) is 9.18 Å². The lowest BCUT2D eigenvalue weighted by Gasteiger charge is -2.11. The third-order valence-electron chi connectivity index (χ3n) is 3.73. The number of benzene rings is 2. The van der Waals surface area contributed by atoms with E-state index in [1.54, 1.807) is 12.1 Å². The van der Waals surface area contributed by atoms with Crippen molar-refractivity contribution in [3.05, 3.63) is 65.1 Å². The van der Waals surface area contributed by atoms with E-state index in [1.165, 1.54) is 12.1 Å². The Morgan fingerprint density at radius 3 is 2.52 bits per heavy atom. The lowest BCUT2D eigenvalue weighted by Crippen LogP contribution is -2.20. The fourth-order valence-corrected chi connectivity index (χ4v) is 2.80. The van der Waals surface area contributed by atoms with Gasteiger partial charge in [0.05, 0.1) is 5.52 Å². The molecule has 5 heteroatoms. The summed E-state index contributed by atoms with van der Waals surface area (Å²) >= 11 is 0. The molecule has 3 aromatic rings. The number of hydrogen-bond donors (Lipinski definition) is 1. The van der Waals surface area contributed by atoms with Crippen molar-refractivity contribution in [2.75, 3.05) is 11.9 Å². The summed E-state index contributed by atoms with van der Waals surface area (Å²) in [4.78, 5) is 16.5. The number of amides is 1. The maximum absolute atomic E-state index is 13.5. The van der Waals surface area contributed by atoms with Crippen molar-refractivity contribution < 1.29 is 13.9 Å². The molecule has 0 radical (unpaired) electrons. The van der Waals surface area contributed by atoms with Crippen LogP contribution in [0.15, 0.2) is 42.5 Å². The van der Waals surface area contributed by atoms with Gasteiger partial charge in [0, 0.05) is 22.8 Å². The van der Waals surface area contributed by atoms with E-state index in [1.807, 2.05) is 39.0 Å². The minimum absolute atomic E-state index is 0.165. The maximum atomic E-state index is 13.5. The zero-order chi connectivity index (χ0) is 18.0. The predicted octanol–water partition coefficient (Wildman–Crippen LogP) is 4.32. The van der Waals surface area contributed by atoms with Crippen LogP contribution in [0.3, 0.4) is 0 Å². The number of anilines is 1. The van der Waals surface area contributed by atoms with E-state index in [-0.39, 0.29) is 18.3 Å². The van der Waals surface area contributed by atoms with Crippen LogP contribution in [0.1, 0.15) is 16.8 Å². The highest BCUT2D eigenvalue weighted by Crippen LogP contribution is 2.26. The number of halogens is 1. The molecule has 0 atom stereocenters. The third-order valence-corrected chi connectivity index (χ3v) is 3.73. The molecule has 3 rings (SSSR count). The Morgan fingerprint density at radius 2 is 1.80 bits per heavy atom. The van der Waals surface area contributed by atoms with Crippen LogP contribution in [0, 0.1) is 26.6 Å². The van der Waals surface area contributed by atoms with Crippen molar-refractivity contribution in [3.8, 4) is 5.75 Å². The molecule has 0 fully saturated rings. The first kappa shape index (κ1) is 16.9. The molecular formula is C20H19FN2O2. The largest absolute Gasteiger partial charge is 0.483 e. The fourth-order valence-electron chi connectivity index (χ4n) is 2.80. The molecule has 1 heterocycles. The molecule has 0 spiro atoms. The highest BCUT2D eigenvalue weighted by Gasteiger charge is 2.10. The SMILES string of the molecule is Cc1cc(C)cc(NC(=O)COc2cc(C)nc3ccc(F)cc23)c1. The zero-order valence-corrected chi connectivity index (χ0v) is 14.4. The highest BCUT2D eigenvalue weighted by molar-refractivity contribution is 5.92. The van der Waals surface area contributed by atoms with Gasteiger partial charge >= 0.3 is 0 Å². The van der Waals surface area contributed by atoms with E-state index in [4.69, 9.17) is 4.74 Å². The molecule has 0 unspecified atom stereocenters. The highest BCUT2D eigenvalue weighted by atomic mass is 19.1. The number of carbonyl (C=O) groups is 1. The number of hydrogen-bond acceptors (Lipinski definition) is 3. The smallest absolute Gasteiger partial charge is 0.262 e. The Labute approximate surface area is 145 Å². The minimum atomic E-state index is -0.373. The molecule has 0 saturated carbocycles. The van der Waals surface area contributed by atoms with Crippen LogP contribution >= 0.6 is 0 Å². The van der Waals surface area contributed by atoms with Crippen LogP contribution in [0.4, 0.5) is 10.1 Å². The van der Waals surface area contributed by atoms with Crippen molar-refractivity contribution in [1.82, 2.24) is 4.98 Å². The van der Waals surface area contributed by atoms with Crippen molar-refractivity contribution >= 4 is 22.5 Å². The zero-order valence-electron chi connectivity index (χ0n) is 14.4. The van der Waals surface area contributed by atoms with Crippen LogP contribution in [0.25, 0.3) is 10.9 Å². The van der Waals surface area contributed by atoms with E-state index < -0.39 is 0 Å². The average Bonchev–Trinajstić information content (AvgIpc) is 2.52. The van der Waals surface area contributed by atoms with Crippen LogP contribution in [0.2, 0.25) is 0 Å². The lowest BCUT2D eigenvalue weighted by molar-refractivity contribution is -0.118. The number of aromatic nitrogens is 1. The fraction of sp³-hybridized carbons (Fsp3) is 0.200. The second-order valence-corrected chi connectivity index (χ2v) is 6.14. The van der Waals surface area contributed by atoms with E-state index in [0.717, 1.165) is 22.5 Å². The first-order valence-electron chi connectivity index (χ1n) is 7.98. The molecular weight excluding hydrogens is 319 g/mol. The van der Waals surface area contributed by atoms with Gasteiger partial charge in [-0.3, -0.25) is 9.78 Å². The van der Waals surface area contributed by atoms with Gasteiger partial charge in [-0.15, -0.1) is 0 Å². The van der Waals surface area contributed by atoms with Gasteiger partial charge in [-0.25, -0.2) is 4.39 Å². The van der Waals surface area contributed by atoms with Gasteiger partial charge in [0.2, 0.25) is 0 Å². The van der Waals surface area contributed by atoms with Crippen molar-refractivity contribution in [2.24, 2.45) is 0 Å². The molecule has 0 aliphatic rings. The van der Waals surface area contributed by atoms with Gasteiger partial charge in [0.15, 0.2) is 6.61 Å². The molecule has 1 amide bonds. The Morgan fingerprint density at radius 1 is 1.08 bits per heavy atom. The molecule has 1 N–H and O–H groups in total. The Hall–Kier alpha value is -2.95. The van der Waals surface area contributed by atoms with E-state index >= 15 is 0 Å². The number of aryl methyl sites for hydroxylation is 3. The number of ether oxygens (including phenoxy) is 1. The number of pyridine rings is 1. The summed E-state index contributed by atoms with van der Waals surface area (Å²) in [6, 6.07) is 11.8. The molecule has 1 aromatic heterocycles. The Balaban J connectivity index is 1.76. The Bertz CT molecular complexity index is 934. The van der Waals surface area contributed by atoms with Gasteiger partial charge in [-0.1, -0.05) is 6.07 Å².